The van der Waals surface area contributed by atoms with Gasteiger partial charge in [-0.25, -0.2) is 0 Å². The van der Waals surface area contributed by atoms with Crippen LogP contribution in [0.5, 0.6) is 0 Å². The molecule has 1 fully saturated rings. The maximum absolute atomic E-state index is 12.4. The number of carbonyl (C=O) groups is 2. The number of hydrazine groups is 1. The third kappa shape index (κ3) is 3.47. The Balaban J connectivity index is 1.77. The normalized spacial score (nSPS) is 16.2. The molecule has 5 nitrogen and oxygen atoms in total. The van der Waals surface area contributed by atoms with Crippen molar-refractivity contribution in [3.05, 3.63) is 63.8 Å². The number of rotatable bonds is 3. The van der Waals surface area contributed by atoms with Gasteiger partial charge in [0.1, 0.15) is 0 Å². The lowest BCUT2D eigenvalue weighted by atomic mass is 10.2. The van der Waals surface area contributed by atoms with E-state index >= 15 is 0 Å². The Morgan fingerprint density at radius 2 is 2.17 bits per heavy atom. The molecule has 0 unspecified atom stereocenters. The molecule has 3 rings (SSSR count). The van der Waals surface area contributed by atoms with Crippen molar-refractivity contribution in [2.45, 2.75) is 0 Å². The number of carbonyl (C=O) groups excluding carboxylic acids is 2. The zero-order chi connectivity index (χ0) is 16.4. The number of amides is 2. The minimum absolute atomic E-state index is 0.267. The van der Waals surface area contributed by atoms with E-state index in [-0.39, 0.29) is 10.2 Å². The lowest BCUT2D eigenvalue weighted by molar-refractivity contribution is -0.123. The average Bonchev–Trinajstić information content (AvgIpc) is 3.12. The third-order valence-corrected chi connectivity index (χ3v) is 4.54. The van der Waals surface area contributed by atoms with Crippen molar-refractivity contribution >= 4 is 57.8 Å². The van der Waals surface area contributed by atoms with Gasteiger partial charge in [-0.15, -0.1) is 0 Å². The molecule has 1 saturated heterocycles. The predicted octanol–water partition coefficient (Wildman–Crippen LogP) is 3.21. The van der Waals surface area contributed by atoms with Gasteiger partial charge in [0.15, 0.2) is 4.32 Å². The van der Waals surface area contributed by atoms with Crippen LogP contribution in [0, 0.1) is 0 Å². The lowest BCUT2D eigenvalue weighted by Gasteiger charge is -2.15. The molecule has 2 aromatic rings. The summed E-state index contributed by atoms with van der Waals surface area (Å²) < 4.78 is 0.267. The van der Waals surface area contributed by atoms with E-state index in [1.807, 2.05) is 12.1 Å². The Bertz CT molecular complexity index is 818. The van der Waals surface area contributed by atoms with E-state index in [1.54, 1.807) is 30.5 Å². The number of aromatic nitrogens is 1. The number of nitrogens with zero attached hydrogens (tertiary/aromatic N) is 1. The minimum atomic E-state index is -0.454. The molecule has 116 valence electrons. The molecule has 0 aliphatic carbocycles. The summed E-state index contributed by atoms with van der Waals surface area (Å²) in [5.74, 6) is -0.824. The highest BCUT2D eigenvalue weighted by molar-refractivity contribution is 8.26. The first kappa shape index (κ1) is 15.8. The molecule has 2 N–H and O–H groups in total. The standard InChI is InChI=1S/C15H10ClN3O2S2/c16-10-4-1-3-9(7-10)13(20)18-19-14(21)12(23-15(19)22)8-11-5-2-6-17-11/h1-8,17H,(H,18,20). The second-order valence-corrected chi connectivity index (χ2v) is 6.71. The van der Waals surface area contributed by atoms with E-state index in [1.165, 1.54) is 6.07 Å². The Hall–Kier alpha value is -2.09. The summed E-state index contributed by atoms with van der Waals surface area (Å²) in [5, 5.41) is 1.51. The fraction of sp³-hybridized carbons (Fsp3) is 0. The Morgan fingerprint density at radius 3 is 2.87 bits per heavy atom. The third-order valence-electron chi connectivity index (χ3n) is 3.00. The smallest absolute Gasteiger partial charge is 0.285 e. The summed E-state index contributed by atoms with van der Waals surface area (Å²) >= 11 is 12.2. The Kier molecular flexibility index (Phi) is 4.51. The topological polar surface area (TPSA) is 65.2 Å². The van der Waals surface area contributed by atoms with Crippen molar-refractivity contribution in [2.75, 3.05) is 0 Å². The number of thioether (sulfide) groups is 1. The molecular weight excluding hydrogens is 354 g/mol. The number of thiocarbonyl (C=S) groups is 1. The van der Waals surface area contributed by atoms with Crippen molar-refractivity contribution < 1.29 is 9.59 Å². The predicted molar refractivity (Wildman–Crippen MR) is 94.7 cm³/mol. The van der Waals surface area contributed by atoms with Crippen LogP contribution in [0.25, 0.3) is 6.08 Å². The second kappa shape index (κ2) is 6.57. The van der Waals surface area contributed by atoms with E-state index in [0.717, 1.165) is 22.5 Å². The van der Waals surface area contributed by atoms with E-state index in [0.29, 0.717) is 15.5 Å². The molecule has 0 radical (unpaired) electrons. The van der Waals surface area contributed by atoms with E-state index < -0.39 is 5.91 Å². The number of aromatic amines is 1. The highest BCUT2D eigenvalue weighted by atomic mass is 35.5. The van der Waals surface area contributed by atoms with Crippen molar-refractivity contribution in [1.82, 2.24) is 15.4 Å². The van der Waals surface area contributed by atoms with Crippen LogP contribution in [-0.2, 0) is 4.79 Å². The number of benzene rings is 1. The van der Waals surface area contributed by atoms with Crippen LogP contribution in [-0.4, -0.2) is 26.1 Å². The van der Waals surface area contributed by atoms with Crippen LogP contribution in [0.4, 0.5) is 0 Å². The summed E-state index contributed by atoms with van der Waals surface area (Å²) in [6.07, 6.45) is 3.44. The van der Waals surface area contributed by atoms with Crippen LogP contribution in [0.15, 0.2) is 47.5 Å². The van der Waals surface area contributed by atoms with Gasteiger partial charge in [-0.05, 0) is 48.6 Å². The maximum Gasteiger partial charge on any atom is 0.285 e. The molecule has 1 aromatic heterocycles. The quantitative estimate of drug-likeness (QED) is 0.649. The summed E-state index contributed by atoms with van der Waals surface area (Å²) in [5.41, 5.74) is 3.64. The largest absolute Gasteiger partial charge is 0.362 e. The summed E-state index contributed by atoms with van der Waals surface area (Å²) in [6.45, 7) is 0. The molecule has 2 heterocycles. The van der Waals surface area contributed by atoms with Gasteiger partial charge in [-0.2, -0.15) is 5.01 Å². The van der Waals surface area contributed by atoms with Gasteiger partial charge in [0.25, 0.3) is 11.8 Å². The van der Waals surface area contributed by atoms with Gasteiger partial charge in [-0.3, -0.25) is 15.0 Å². The first-order valence-corrected chi connectivity index (χ1v) is 8.13. The zero-order valence-corrected chi connectivity index (χ0v) is 14.0. The first-order chi connectivity index (χ1) is 11.0. The molecule has 1 aliphatic rings. The SMILES string of the molecule is O=C(NN1C(=O)C(=Cc2ccc[nH]2)SC1=S)c1cccc(Cl)c1. The molecule has 1 aromatic carbocycles. The van der Waals surface area contributed by atoms with Crippen LogP contribution in [0.2, 0.25) is 5.02 Å². The number of hydrogen-bond donors (Lipinski definition) is 2. The molecular formula is C15H10ClN3O2S2. The molecule has 0 atom stereocenters. The number of H-pyrrole nitrogens is 1. The molecule has 23 heavy (non-hydrogen) atoms. The molecule has 0 saturated carbocycles. The Morgan fingerprint density at radius 1 is 1.35 bits per heavy atom. The van der Waals surface area contributed by atoms with Crippen molar-refractivity contribution in [3.8, 4) is 0 Å². The Labute approximate surface area is 146 Å². The molecule has 0 bridgehead atoms. The summed E-state index contributed by atoms with van der Waals surface area (Å²) in [4.78, 5) is 28.0. The van der Waals surface area contributed by atoms with Gasteiger partial charge in [0.2, 0.25) is 0 Å². The summed E-state index contributed by atoms with van der Waals surface area (Å²) in [6, 6.07) is 10.1. The molecule has 8 heteroatoms. The number of hydrogen-bond acceptors (Lipinski definition) is 4. The maximum atomic E-state index is 12.4. The molecule has 0 spiro atoms. The van der Waals surface area contributed by atoms with Crippen LogP contribution in [0.1, 0.15) is 16.1 Å². The van der Waals surface area contributed by atoms with Crippen molar-refractivity contribution in [3.63, 3.8) is 0 Å². The highest BCUT2D eigenvalue weighted by Crippen LogP contribution is 2.31. The first-order valence-electron chi connectivity index (χ1n) is 6.52. The van der Waals surface area contributed by atoms with E-state index in [2.05, 4.69) is 10.4 Å². The fourth-order valence-electron chi connectivity index (χ4n) is 1.94. The highest BCUT2D eigenvalue weighted by Gasteiger charge is 2.33. The zero-order valence-electron chi connectivity index (χ0n) is 11.6. The fourth-order valence-corrected chi connectivity index (χ4v) is 3.30. The molecule has 1 aliphatic heterocycles. The number of nitrogens with one attached hydrogen (secondary N) is 2. The van der Waals surface area contributed by atoms with Crippen molar-refractivity contribution in [1.29, 1.82) is 0 Å². The van der Waals surface area contributed by atoms with Gasteiger partial charge in [0, 0.05) is 22.5 Å². The van der Waals surface area contributed by atoms with Crippen LogP contribution in [0.3, 0.4) is 0 Å². The van der Waals surface area contributed by atoms with Crippen LogP contribution < -0.4 is 5.43 Å². The van der Waals surface area contributed by atoms with Gasteiger partial charge in [-0.1, -0.05) is 29.4 Å². The van der Waals surface area contributed by atoms with E-state index in [4.69, 9.17) is 23.8 Å². The van der Waals surface area contributed by atoms with Gasteiger partial charge in [0.05, 0.1) is 4.91 Å². The summed E-state index contributed by atoms with van der Waals surface area (Å²) in [7, 11) is 0. The van der Waals surface area contributed by atoms with Gasteiger partial charge >= 0.3 is 0 Å². The number of halogens is 1. The second-order valence-electron chi connectivity index (χ2n) is 4.59. The van der Waals surface area contributed by atoms with E-state index in [9.17, 15) is 9.59 Å². The van der Waals surface area contributed by atoms with Crippen LogP contribution >= 0.6 is 35.6 Å². The van der Waals surface area contributed by atoms with Gasteiger partial charge < -0.3 is 4.98 Å². The average molecular weight is 364 g/mol. The monoisotopic (exact) mass is 363 g/mol. The minimum Gasteiger partial charge on any atom is -0.362 e. The lowest BCUT2D eigenvalue weighted by Crippen LogP contribution is -2.44. The molecule has 2 amide bonds. The van der Waals surface area contributed by atoms with Crippen molar-refractivity contribution in [2.24, 2.45) is 0 Å².